The highest BCUT2D eigenvalue weighted by Gasteiger charge is 2.38. The average molecular weight is 352 g/mol. The van der Waals surface area contributed by atoms with Crippen LogP contribution in [0.1, 0.15) is 52.0 Å². The zero-order chi connectivity index (χ0) is 15.5. The number of benzene rings is 1. The van der Waals surface area contributed by atoms with Gasteiger partial charge < -0.3 is 5.32 Å². The number of halogens is 1. The summed E-state index contributed by atoms with van der Waals surface area (Å²) in [6.07, 6.45) is 6.67. The Labute approximate surface area is 139 Å². The Kier molecular flexibility index (Phi) is 5.54. The van der Waals surface area contributed by atoms with Gasteiger partial charge in [0.2, 0.25) is 0 Å². The molecule has 2 rings (SSSR count). The van der Waals surface area contributed by atoms with E-state index in [0.29, 0.717) is 10.8 Å². The molecule has 1 fully saturated rings. The Morgan fingerprint density at radius 1 is 1.14 bits per heavy atom. The SMILES string of the molecule is CNCC1(Cc2ccc(Br)cc2)CCC(C(C)(C)C)CC1. The maximum atomic E-state index is 3.53. The molecule has 1 aliphatic rings. The predicted molar refractivity (Wildman–Crippen MR) is 95.6 cm³/mol. The van der Waals surface area contributed by atoms with Crippen LogP contribution in [0.25, 0.3) is 0 Å². The van der Waals surface area contributed by atoms with Crippen molar-refractivity contribution in [1.29, 1.82) is 0 Å². The van der Waals surface area contributed by atoms with Crippen LogP contribution in [-0.2, 0) is 6.42 Å². The third kappa shape index (κ3) is 4.56. The summed E-state index contributed by atoms with van der Waals surface area (Å²) in [7, 11) is 2.10. The smallest absolute Gasteiger partial charge is 0.0175 e. The number of nitrogens with one attached hydrogen (secondary N) is 1. The first kappa shape index (κ1) is 17.0. The molecule has 1 aromatic carbocycles. The van der Waals surface area contributed by atoms with Crippen LogP contribution in [0.3, 0.4) is 0 Å². The van der Waals surface area contributed by atoms with Crippen LogP contribution in [0, 0.1) is 16.7 Å². The largest absolute Gasteiger partial charge is 0.319 e. The fourth-order valence-electron chi connectivity index (χ4n) is 3.92. The zero-order valence-corrected chi connectivity index (χ0v) is 15.6. The number of hydrogen-bond acceptors (Lipinski definition) is 1. The fourth-order valence-corrected chi connectivity index (χ4v) is 4.19. The lowest BCUT2D eigenvalue weighted by atomic mass is 9.62. The molecule has 0 amide bonds. The van der Waals surface area contributed by atoms with Crippen LogP contribution in [0.2, 0.25) is 0 Å². The van der Waals surface area contributed by atoms with Crippen LogP contribution >= 0.6 is 15.9 Å². The highest BCUT2D eigenvalue weighted by molar-refractivity contribution is 9.10. The first-order chi connectivity index (χ1) is 9.85. The second-order valence-electron chi connectivity index (χ2n) is 7.97. The van der Waals surface area contributed by atoms with Crippen molar-refractivity contribution in [3.63, 3.8) is 0 Å². The summed E-state index contributed by atoms with van der Waals surface area (Å²) in [6.45, 7) is 8.34. The van der Waals surface area contributed by atoms with Gasteiger partial charge in [-0.1, -0.05) is 48.8 Å². The van der Waals surface area contributed by atoms with Gasteiger partial charge in [0.15, 0.2) is 0 Å². The van der Waals surface area contributed by atoms with E-state index < -0.39 is 0 Å². The van der Waals surface area contributed by atoms with Gasteiger partial charge in [-0.15, -0.1) is 0 Å². The first-order valence-electron chi connectivity index (χ1n) is 8.24. The summed E-state index contributed by atoms with van der Waals surface area (Å²) in [6, 6.07) is 8.89. The van der Waals surface area contributed by atoms with Gasteiger partial charge >= 0.3 is 0 Å². The predicted octanol–water partition coefficient (Wildman–Crippen LogP) is 5.43. The molecule has 0 aliphatic heterocycles. The molecule has 0 aromatic heterocycles. The minimum Gasteiger partial charge on any atom is -0.319 e. The lowest BCUT2D eigenvalue weighted by molar-refractivity contribution is 0.0877. The Morgan fingerprint density at radius 3 is 2.19 bits per heavy atom. The minimum absolute atomic E-state index is 0.449. The monoisotopic (exact) mass is 351 g/mol. The van der Waals surface area contributed by atoms with Crippen LogP contribution in [0.15, 0.2) is 28.7 Å². The van der Waals surface area contributed by atoms with Crippen molar-refractivity contribution in [2.75, 3.05) is 13.6 Å². The van der Waals surface area contributed by atoms with Gasteiger partial charge in [0, 0.05) is 11.0 Å². The maximum absolute atomic E-state index is 3.53. The molecule has 0 bridgehead atoms. The van der Waals surface area contributed by atoms with Crippen LogP contribution in [0.5, 0.6) is 0 Å². The average Bonchev–Trinajstić information content (AvgIpc) is 2.41. The van der Waals surface area contributed by atoms with Crippen LogP contribution in [-0.4, -0.2) is 13.6 Å². The van der Waals surface area contributed by atoms with E-state index in [1.807, 2.05) is 0 Å². The van der Waals surface area contributed by atoms with Crippen molar-refractivity contribution >= 4 is 15.9 Å². The van der Waals surface area contributed by atoms with Crippen molar-refractivity contribution in [2.24, 2.45) is 16.7 Å². The second kappa shape index (κ2) is 6.83. The van der Waals surface area contributed by atoms with E-state index in [-0.39, 0.29) is 0 Å². The molecule has 1 saturated carbocycles. The molecule has 1 nitrogen and oxygen atoms in total. The summed E-state index contributed by atoms with van der Waals surface area (Å²) in [5.41, 5.74) is 2.39. The molecule has 21 heavy (non-hydrogen) atoms. The Hall–Kier alpha value is -0.340. The molecule has 2 heteroatoms. The van der Waals surface area contributed by atoms with Gasteiger partial charge in [-0.3, -0.25) is 0 Å². The standard InChI is InChI=1S/C19H30BrN/c1-18(2,3)16-9-11-19(12-10-16,14-21-4)13-15-5-7-17(20)8-6-15/h5-8,16,21H,9-14H2,1-4H3. The van der Waals surface area contributed by atoms with E-state index in [2.05, 4.69) is 73.3 Å². The molecule has 0 atom stereocenters. The highest BCUT2D eigenvalue weighted by atomic mass is 79.9. The molecule has 118 valence electrons. The van der Waals surface area contributed by atoms with E-state index in [0.717, 1.165) is 12.5 Å². The van der Waals surface area contributed by atoms with Gasteiger partial charge in [-0.05, 0) is 73.6 Å². The lowest BCUT2D eigenvalue weighted by Gasteiger charge is -2.44. The molecular formula is C19H30BrN. The summed E-state index contributed by atoms with van der Waals surface area (Å²) in [5.74, 6) is 0.882. The Bertz CT molecular complexity index is 436. The van der Waals surface area contributed by atoms with Crippen molar-refractivity contribution in [3.8, 4) is 0 Å². The summed E-state index contributed by atoms with van der Waals surface area (Å²) >= 11 is 3.53. The summed E-state index contributed by atoms with van der Waals surface area (Å²) in [4.78, 5) is 0. The molecule has 0 spiro atoms. The molecule has 0 heterocycles. The van der Waals surface area contributed by atoms with Crippen molar-refractivity contribution < 1.29 is 0 Å². The molecule has 0 saturated heterocycles. The van der Waals surface area contributed by atoms with E-state index in [1.165, 1.54) is 42.1 Å². The minimum atomic E-state index is 0.449. The number of hydrogen-bond donors (Lipinski definition) is 1. The van der Waals surface area contributed by atoms with Gasteiger partial charge in [-0.2, -0.15) is 0 Å². The van der Waals surface area contributed by atoms with Crippen molar-refractivity contribution in [2.45, 2.75) is 52.9 Å². The van der Waals surface area contributed by atoms with Crippen LogP contribution in [0.4, 0.5) is 0 Å². The van der Waals surface area contributed by atoms with Crippen LogP contribution < -0.4 is 5.32 Å². The fraction of sp³-hybridized carbons (Fsp3) is 0.684. The molecule has 1 N–H and O–H groups in total. The molecular weight excluding hydrogens is 322 g/mol. The third-order valence-corrected chi connectivity index (χ3v) is 5.84. The quantitative estimate of drug-likeness (QED) is 0.761. The lowest BCUT2D eigenvalue weighted by Crippen LogP contribution is -2.40. The first-order valence-corrected chi connectivity index (χ1v) is 9.03. The van der Waals surface area contributed by atoms with Gasteiger partial charge in [-0.25, -0.2) is 0 Å². The van der Waals surface area contributed by atoms with Crippen molar-refractivity contribution in [3.05, 3.63) is 34.3 Å². The van der Waals surface area contributed by atoms with Gasteiger partial charge in [0.1, 0.15) is 0 Å². The topological polar surface area (TPSA) is 12.0 Å². The van der Waals surface area contributed by atoms with E-state index in [1.54, 1.807) is 0 Å². The second-order valence-corrected chi connectivity index (χ2v) is 8.89. The highest BCUT2D eigenvalue weighted by Crippen LogP contribution is 2.46. The molecule has 0 unspecified atom stereocenters. The zero-order valence-electron chi connectivity index (χ0n) is 14.0. The van der Waals surface area contributed by atoms with Crippen molar-refractivity contribution in [1.82, 2.24) is 5.32 Å². The third-order valence-electron chi connectivity index (χ3n) is 5.32. The summed E-state index contributed by atoms with van der Waals surface area (Å²) in [5, 5.41) is 3.45. The molecule has 1 aliphatic carbocycles. The summed E-state index contributed by atoms with van der Waals surface area (Å²) < 4.78 is 1.17. The normalized spacial score (nSPS) is 26.8. The van der Waals surface area contributed by atoms with E-state index >= 15 is 0 Å². The maximum Gasteiger partial charge on any atom is 0.0175 e. The van der Waals surface area contributed by atoms with E-state index in [4.69, 9.17) is 0 Å². The Balaban J connectivity index is 2.06. The molecule has 0 radical (unpaired) electrons. The Morgan fingerprint density at radius 2 is 1.71 bits per heavy atom. The number of rotatable bonds is 4. The van der Waals surface area contributed by atoms with Gasteiger partial charge in [0.05, 0.1) is 0 Å². The van der Waals surface area contributed by atoms with Gasteiger partial charge in [0.25, 0.3) is 0 Å². The van der Waals surface area contributed by atoms with E-state index in [9.17, 15) is 0 Å². The molecule has 1 aromatic rings.